The molecule has 0 aromatic heterocycles. The Morgan fingerprint density at radius 1 is 1.30 bits per heavy atom. The van der Waals surface area contributed by atoms with E-state index in [2.05, 4.69) is 5.32 Å². The first-order valence-corrected chi connectivity index (χ1v) is 6.63. The van der Waals surface area contributed by atoms with Gasteiger partial charge < -0.3 is 10.2 Å². The Morgan fingerprint density at radius 2 is 1.90 bits per heavy atom. The van der Waals surface area contributed by atoms with Crippen molar-refractivity contribution < 1.29 is 14.0 Å². The van der Waals surface area contributed by atoms with Gasteiger partial charge in [-0.1, -0.05) is 6.92 Å². The molecule has 110 valence electrons. The van der Waals surface area contributed by atoms with E-state index in [0.29, 0.717) is 25.1 Å². The van der Waals surface area contributed by atoms with Crippen LogP contribution in [0.3, 0.4) is 0 Å². The number of halogens is 1. The molecule has 0 saturated carbocycles. The maximum atomic E-state index is 12.8. The van der Waals surface area contributed by atoms with E-state index in [9.17, 15) is 14.0 Å². The lowest BCUT2D eigenvalue weighted by Crippen LogP contribution is -2.35. The topological polar surface area (TPSA) is 49.4 Å². The maximum Gasteiger partial charge on any atom is 0.223 e. The van der Waals surface area contributed by atoms with E-state index in [4.69, 9.17) is 0 Å². The number of ketones is 1. The largest absolute Gasteiger partial charge is 0.359 e. The Hall–Kier alpha value is -1.75. The quantitative estimate of drug-likeness (QED) is 0.774. The average Bonchev–Trinajstić information content (AvgIpc) is 2.44. The summed E-state index contributed by atoms with van der Waals surface area (Å²) in [5, 5.41) is 2.60. The number of carbonyl (C=O) groups is 2. The molecule has 1 atom stereocenters. The molecule has 1 amide bonds. The van der Waals surface area contributed by atoms with Gasteiger partial charge in [-0.25, -0.2) is 4.39 Å². The van der Waals surface area contributed by atoms with Crippen molar-refractivity contribution in [1.29, 1.82) is 0 Å². The lowest BCUT2D eigenvalue weighted by molar-refractivity contribution is -0.124. The number of carbonyl (C=O) groups excluding carboxylic acids is 2. The van der Waals surface area contributed by atoms with Crippen LogP contribution in [0.2, 0.25) is 0 Å². The summed E-state index contributed by atoms with van der Waals surface area (Å²) in [6.07, 6.45) is 0.350. The Morgan fingerprint density at radius 3 is 2.45 bits per heavy atom. The molecule has 0 fully saturated rings. The highest BCUT2D eigenvalue weighted by molar-refractivity contribution is 5.96. The summed E-state index contributed by atoms with van der Waals surface area (Å²) in [5.74, 6) is -0.504. The van der Waals surface area contributed by atoms with E-state index in [-0.39, 0.29) is 23.4 Å². The van der Waals surface area contributed by atoms with Gasteiger partial charge in [0.2, 0.25) is 5.91 Å². The van der Waals surface area contributed by atoms with Gasteiger partial charge in [0.25, 0.3) is 0 Å². The smallest absolute Gasteiger partial charge is 0.223 e. The lowest BCUT2D eigenvalue weighted by atomic mass is 10.1. The van der Waals surface area contributed by atoms with Crippen LogP contribution < -0.4 is 5.32 Å². The minimum atomic E-state index is -0.349. The van der Waals surface area contributed by atoms with Gasteiger partial charge in [0.05, 0.1) is 0 Å². The van der Waals surface area contributed by atoms with Gasteiger partial charge in [-0.05, 0) is 31.3 Å². The minimum Gasteiger partial charge on any atom is -0.359 e. The molecule has 0 spiro atoms. The van der Waals surface area contributed by atoms with Crippen LogP contribution in [0.15, 0.2) is 24.3 Å². The summed E-state index contributed by atoms with van der Waals surface area (Å²) in [7, 11) is 3.48. The number of Topliss-reactive ketones (excluding diaryl/α,β-unsaturated/α-hetero) is 1. The van der Waals surface area contributed by atoms with Crippen molar-refractivity contribution >= 4 is 11.7 Å². The molecule has 0 aliphatic heterocycles. The van der Waals surface area contributed by atoms with Gasteiger partial charge in [-0.15, -0.1) is 0 Å². The van der Waals surface area contributed by atoms with E-state index in [0.717, 1.165) is 0 Å². The Balaban J connectivity index is 2.40. The SMILES string of the molecule is CNC(=O)C(C)CN(C)CCC(=O)c1ccc(F)cc1. The summed E-state index contributed by atoms with van der Waals surface area (Å²) in [6.45, 7) is 3.01. The number of hydrogen-bond donors (Lipinski definition) is 1. The van der Waals surface area contributed by atoms with Gasteiger partial charge in [0.15, 0.2) is 5.78 Å². The second-order valence-electron chi connectivity index (χ2n) is 4.96. The number of rotatable bonds is 7. The van der Waals surface area contributed by atoms with Crippen molar-refractivity contribution in [2.24, 2.45) is 5.92 Å². The van der Waals surface area contributed by atoms with Gasteiger partial charge in [0, 0.05) is 38.0 Å². The molecule has 1 aromatic carbocycles. The molecule has 20 heavy (non-hydrogen) atoms. The molecule has 0 bridgehead atoms. The van der Waals surface area contributed by atoms with Crippen molar-refractivity contribution in [2.75, 3.05) is 27.2 Å². The summed E-state index contributed by atoms with van der Waals surface area (Å²) in [6, 6.07) is 5.55. The summed E-state index contributed by atoms with van der Waals surface area (Å²) >= 11 is 0. The zero-order chi connectivity index (χ0) is 15.1. The second-order valence-corrected chi connectivity index (χ2v) is 4.96. The van der Waals surface area contributed by atoms with Gasteiger partial charge in [0.1, 0.15) is 5.82 Å². The molecule has 4 nitrogen and oxygen atoms in total. The van der Waals surface area contributed by atoms with Crippen LogP contribution in [0, 0.1) is 11.7 Å². The monoisotopic (exact) mass is 280 g/mol. The minimum absolute atomic E-state index is 0.0123. The molecule has 0 aliphatic carbocycles. The van der Waals surface area contributed by atoms with E-state index in [1.807, 2.05) is 18.9 Å². The van der Waals surface area contributed by atoms with E-state index in [1.165, 1.54) is 24.3 Å². The zero-order valence-electron chi connectivity index (χ0n) is 12.1. The summed E-state index contributed by atoms with van der Waals surface area (Å²) in [5.41, 5.74) is 0.513. The first kappa shape index (κ1) is 16.3. The van der Waals surface area contributed by atoms with Gasteiger partial charge in [-0.3, -0.25) is 9.59 Å². The molecule has 0 aliphatic rings. The third-order valence-corrected chi connectivity index (χ3v) is 3.17. The fourth-order valence-electron chi connectivity index (χ4n) is 1.96. The molecule has 1 aromatic rings. The number of benzene rings is 1. The molecule has 5 heteroatoms. The van der Waals surface area contributed by atoms with Crippen LogP contribution in [0.25, 0.3) is 0 Å². The number of nitrogens with zero attached hydrogens (tertiary/aromatic N) is 1. The first-order valence-electron chi connectivity index (χ1n) is 6.63. The van der Waals surface area contributed by atoms with Gasteiger partial charge >= 0.3 is 0 Å². The molecule has 0 radical (unpaired) electrons. The number of hydrogen-bond acceptors (Lipinski definition) is 3. The molecule has 1 rings (SSSR count). The van der Waals surface area contributed by atoms with Crippen molar-refractivity contribution in [3.63, 3.8) is 0 Å². The molecule has 1 unspecified atom stereocenters. The Kier molecular flexibility index (Phi) is 6.31. The van der Waals surface area contributed by atoms with Crippen molar-refractivity contribution in [3.05, 3.63) is 35.6 Å². The van der Waals surface area contributed by atoms with Crippen molar-refractivity contribution in [2.45, 2.75) is 13.3 Å². The number of amides is 1. The Bertz CT molecular complexity index is 459. The predicted octanol–water partition coefficient (Wildman–Crippen LogP) is 1.71. The maximum absolute atomic E-state index is 12.8. The molecule has 0 saturated heterocycles. The average molecular weight is 280 g/mol. The van der Waals surface area contributed by atoms with E-state index < -0.39 is 0 Å². The van der Waals surface area contributed by atoms with Crippen LogP contribution in [-0.2, 0) is 4.79 Å². The molecular weight excluding hydrogens is 259 g/mol. The zero-order valence-corrected chi connectivity index (χ0v) is 12.1. The molecule has 1 N–H and O–H groups in total. The normalized spacial score (nSPS) is 12.2. The highest BCUT2D eigenvalue weighted by atomic mass is 19.1. The third kappa shape index (κ3) is 5.09. The standard InChI is InChI=1S/C15H21FN2O2/c1-11(15(20)17-2)10-18(3)9-8-14(19)12-4-6-13(16)7-5-12/h4-7,11H,8-10H2,1-3H3,(H,17,20). The van der Waals surface area contributed by atoms with E-state index in [1.54, 1.807) is 7.05 Å². The van der Waals surface area contributed by atoms with Crippen molar-refractivity contribution in [1.82, 2.24) is 10.2 Å². The Labute approximate surface area is 119 Å². The highest BCUT2D eigenvalue weighted by Gasteiger charge is 2.14. The predicted molar refractivity (Wildman–Crippen MR) is 76.1 cm³/mol. The summed E-state index contributed by atoms with van der Waals surface area (Å²) in [4.78, 5) is 25.3. The van der Waals surface area contributed by atoms with Crippen LogP contribution in [0.4, 0.5) is 4.39 Å². The van der Waals surface area contributed by atoms with Gasteiger partial charge in [-0.2, -0.15) is 0 Å². The first-order chi connectivity index (χ1) is 9.43. The van der Waals surface area contributed by atoms with Crippen LogP contribution in [0.5, 0.6) is 0 Å². The molecule has 0 heterocycles. The third-order valence-electron chi connectivity index (χ3n) is 3.17. The lowest BCUT2D eigenvalue weighted by Gasteiger charge is -2.19. The van der Waals surface area contributed by atoms with Crippen molar-refractivity contribution in [3.8, 4) is 0 Å². The van der Waals surface area contributed by atoms with Crippen LogP contribution in [-0.4, -0.2) is 43.8 Å². The molecular formula is C15H21FN2O2. The van der Waals surface area contributed by atoms with Crippen LogP contribution in [0.1, 0.15) is 23.7 Å². The van der Waals surface area contributed by atoms with E-state index >= 15 is 0 Å². The summed E-state index contributed by atoms with van der Waals surface area (Å²) < 4.78 is 12.8. The fraction of sp³-hybridized carbons (Fsp3) is 0.467. The second kappa shape index (κ2) is 7.75. The van der Waals surface area contributed by atoms with Crippen LogP contribution >= 0.6 is 0 Å². The highest BCUT2D eigenvalue weighted by Crippen LogP contribution is 2.07. The number of nitrogens with one attached hydrogen (secondary N) is 1. The fourth-order valence-corrected chi connectivity index (χ4v) is 1.96.